The van der Waals surface area contributed by atoms with Gasteiger partial charge < -0.3 is 20.1 Å². The first-order chi connectivity index (χ1) is 8.77. The molecule has 1 heterocycles. The minimum atomic E-state index is 0.470. The van der Waals surface area contributed by atoms with E-state index in [1.54, 1.807) is 6.07 Å². The molecule has 1 rings (SSSR count). The van der Waals surface area contributed by atoms with Crippen molar-refractivity contribution in [3.05, 3.63) is 12.4 Å². The van der Waals surface area contributed by atoms with E-state index >= 15 is 0 Å². The fourth-order valence-corrected chi connectivity index (χ4v) is 1.51. The van der Waals surface area contributed by atoms with E-state index in [4.69, 9.17) is 15.2 Å². The summed E-state index contributed by atoms with van der Waals surface area (Å²) in [6.07, 6.45) is 1.47. The van der Waals surface area contributed by atoms with E-state index in [9.17, 15) is 0 Å². The molecular weight excluding hydrogens is 232 g/mol. The first-order valence-electron chi connectivity index (χ1n) is 6.25. The smallest absolute Gasteiger partial charge is 0.134 e. The van der Waals surface area contributed by atoms with Crippen LogP contribution in [-0.2, 0) is 9.47 Å². The van der Waals surface area contributed by atoms with Crippen molar-refractivity contribution in [3.63, 3.8) is 0 Å². The zero-order valence-corrected chi connectivity index (χ0v) is 11.1. The van der Waals surface area contributed by atoms with Gasteiger partial charge in [-0.05, 0) is 13.8 Å². The van der Waals surface area contributed by atoms with Crippen LogP contribution in [0.5, 0.6) is 0 Å². The number of nitrogens with two attached hydrogens (primary N) is 1. The molecule has 0 saturated carbocycles. The molecule has 0 atom stereocenters. The van der Waals surface area contributed by atoms with Gasteiger partial charge in [0.1, 0.15) is 18.0 Å². The zero-order valence-electron chi connectivity index (χ0n) is 11.1. The van der Waals surface area contributed by atoms with Gasteiger partial charge in [0, 0.05) is 32.4 Å². The van der Waals surface area contributed by atoms with Gasteiger partial charge in [-0.3, -0.25) is 0 Å². The number of hydrogen-bond donors (Lipinski definition) is 1. The Kier molecular flexibility index (Phi) is 7.05. The lowest BCUT2D eigenvalue weighted by atomic mass is 10.4. The topological polar surface area (TPSA) is 73.5 Å². The Hall–Kier alpha value is -1.40. The average Bonchev–Trinajstić information content (AvgIpc) is 2.37. The van der Waals surface area contributed by atoms with Gasteiger partial charge in [0.05, 0.1) is 13.2 Å². The van der Waals surface area contributed by atoms with Crippen LogP contribution >= 0.6 is 0 Å². The largest absolute Gasteiger partial charge is 0.384 e. The number of nitrogen functional groups attached to an aromatic ring is 1. The molecule has 0 aliphatic rings. The van der Waals surface area contributed by atoms with Crippen LogP contribution in [0.25, 0.3) is 0 Å². The quantitative estimate of drug-likeness (QED) is 0.661. The van der Waals surface area contributed by atoms with Crippen LogP contribution in [0.4, 0.5) is 11.6 Å². The third kappa shape index (κ3) is 5.29. The Balaban J connectivity index is 2.57. The van der Waals surface area contributed by atoms with Gasteiger partial charge in [0.25, 0.3) is 0 Å². The third-order valence-corrected chi connectivity index (χ3v) is 2.42. The van der Waals surface area contributed by atoms with E-state index in [0.717, 1.165) is 18.9 Å². The fourth-order valence-electron chi connectivity index (χ4n) is 1.51. The molecule has 0 fully saturated rings. The second kappa shape index (κ2) is 8.66. The number of hydrogen-bond acceptors (Lipinski definition) is 6. The summed E-state index contributed by atoms with van der Waals surface area (Å²) in [6, 6.07) is 1.76. The van der Waals surface area contributed by atoms with E-state index in [1.165, 1.54) is 6.33 Å². The average molecular weight is 254 g/mol. The number of ether oxygens (including phenoxy) is 2. The van der Waals surface area contributed by atoms with Crippen molar-refractivity contribution in [1.82, 2.24) is 9.97 Å². The Morgan fingerprint density at radius 2 is 1.72 bits per heavy atom. The van der Waals surface area contributed by atoms with Gasteiger partial charge in [0.15, 0.2) is 0 Å². The minimum Gasteiger partial charge on any atom is -0.384 e. The second-order valence-electron chi connectivity index (χ2n) is 3.68. The van der Waals surface area contributed by atoms with Crippen molar-refractivity contribution in [3.8, 4) is 0 Å². The molecular formula is C12H22N4O2. The molecule has 1 aromatic heterocycles. The third-order valence-electron chi connectivity index (χ3n) is 2.42. The van der Waals surface area contributed by atoms with Crippen molar-refractivity contribution < 1.29 is 9.47 Å². The van der Waals surface area contributed by atoms with Gasteiger partial charge in [0.2, 0.25) is 0 Å². The van der Waals surface area contributed by atoms with Gasteiger partial charge in [-0.1, -0.05) is 0 Å². The van der Waals surface area contributed by atoms with E-state index in [-0.39, 0.29) is 0 Å². The van der Waals surface area contributed by atoms with Crippen LogP contribution < -0.4 is 10.6 Å². The summed E-state index contributed by atoms with van der Waals surface area (Å²) in [7, 11) is 0. The molecule has 2 N–H and O–H groups in total. The summed E-state index contributed by atoms with van der Waals surface area (Å²) in [4.78, 5) is 10.2. The molecule has 0 saturated heterocycles. The predicted octanol–water partition coefficient (Wildman–Crippen LogP) is 0.938. The molecule has 0 amide bonds. The Bertz CT molecular complexity index is 326. The summed E-state index contributed by atoms with van der Waals surface area (Å²) in [5.74, 6) is 1.28. The normalized spacial score (nSPS) is 10.6. The highest BCUT2D eigenvalue weighted by atomic mass is 16.5. The number of nitrogens with zero attached hydrogens (tertiary/aromatic N) is 3. The first kappa shape index (κ1) is 14.7. The molecule has 0 unspecified atom stereocenters. The minimum absolute atomic E-state index is 0.470. The lowest BCUT2D eigenvalue weighted by Gasteiger charge is -2.23. The van der Waals surface area contributed by atoms with Gasteiger partial charge in [-0.15, -0.1) is 0 Å². The molecule has 0 aromatic carbocycles. The summed E-state index contributed by atoms with van der Waals surface area (Å²) in [5, 5.41) is 0. The Labute approximate surface area is 108 Å². The predicted molar refractivity (Wildman–Crippen MR) is 71.6 cm³/mol. The molecule has 102 valence electrons. The van der Waals surface area contributed by atoms with Gasteiger partial charge >= 0.3 is 0 Å². The number of rotatable bonds is 9. The maximum atomic E-state index is 5.67. The van der Waals surface area contributed by atoms with Crippen LogP contribution in [-0.4, -0.2) is 49.5 Å². The lowest BCUT2D eigenvalue weighted by Crippen LogP contribution is -2.32. The summed E-state index contributed by atoms with van der Waals surface area (Å²) in [5.41, 5.74) is 5.67. The highest BCUT2D eigenvalue weighted by molar-refractivity contribution is 5.45. The molecule has 0 aliphatic carbocycles. The van der Waals surface area contributed by atoms with Gasteiger partial charge in [-0.25, -0.2) is 9.97 Å². The second-order valence-corrected chi connectivity index (χ2v) is 3.68. The first-order valence-corrected chi connectivity index (χ1v) is 6.25. The monoisotopic (exact) mass is 254 g/mol. The van der Waals surface area contributed by atoms with E-state index in [2.05, 4.69) is 14.9 Å². The number of anilines is 2. The van der Waals surface area contributed by atoms with Crippen LogP contribution in [0.15, 0.2) is 12.4 Å². The maximum Gasteiger partial charge on any atom is 0.134 e. The highest BCUT2D eigenvalue weighted by Crippen LogP contribution is 2.11. The lowest BCUT2D eigenvalue weighted by molar-refractivity contribution is 0.141. The highest BCUT2D eigenvalue weighted by Gasteiger charge is 2.08. The summed E-state index contributed by atoms with van der Waals surface area (Å²) in [6.45, 7) is 8.23. The van der Waals surface area contributed by atoms with Crippen LogP contribution in [0, 0.1) is 0 Å². The standard InChI is InChI=1S/C12H22N4O2/c1-3-17-7-5-16(6-8-18-4-2)12-9-11(13)14-10-15-12/h9-10H,3-8H2,1-2H3,(H2,13,14,15). The number of aromatic nitrogens is 2. The van der Waals surface area contributed by atoms with Crippen molar-refractivity contribution in [1.29, 1.82) is 0 Å². The molecule has 6 heteroatoms. The van der Waals surface area contributed by atoms with E-state index < -0.39 is 0 Å². The van der Waals surface area contributed by atoms with E-state index in [1.807, 2.05) is 13.8 Å². The van der Waals surface area contributed by atoms with Crippen molar-refractivity contribution >= 4 is 11.6 Å². The SMILES string of the molecule is CCOCCN(CCOCC)c1cc(N)ncn1. The molecule has 0 radical (unpaired) electrons. The van der Waals surface area contributed by atoms with Crippen molar-refractivity contribution in [2.24, 2.45) is 0 Å². The van der Waals surface area contributed by atoms with Gasteiger partial charge in [-0.2, -0.15) is 0 Å². The molecule has 1 aromatic rings. The molecule has 0 spiro atoms. The molecule has 18 heavy (non-hydrogen) atoms. The molecule has 0 bridgehead atoms. The van der Waals surface area contributed by atoms with Crippen LogP contribution in [0.1, 0.15) is 13.8 Å². The Morgan fingerprint density at radius 3 is 2.22 bits per heavy atom. The van der Waals surface area contributed by atoms with Crippen LogP contribution in [0.2, 0.25) is 0 Å². The Morgan fingerprint density at radius 1 is 1.11 bits per heavy atom. The molecule has 6 nitrogen and oxygen atoms in total. The maximum absolute atomic E-state index is 5.67. The van der Waals surface area contributed by atoms with Crippen LogP contribution in [0.3, 0.4) is 0 Å². The van der Waals surface area contributed by atoms with E-state index in [0.29, 0.717) is 32.2 Å². The summed E-state index contributed by atoms with van der Waals surface area (Å²) < 4.78 is 10.7. The zero-order chi connectivity index (χ0) is 13.2. The fraction of sp³-hybridized carbons (Fsp3) is 0.667. The van der Waals surface area contributed by atoms with Crippen molar-refractivity contribution in [2.45, 2.75) is 13.8 Å². The summed E-state index contributed by atoms with van der Waals surface area (Å²) >= 11 is 0. The van der Waals surface area contributed by atoms with Crippen molar-refractivity contribution in [2.75, 3.05) is 50.2 Å². The molecule has 0 aliphatic heterocycles.